The minimum atomic E-state index is 0.257. The van der Waals surface area contributed by atoms with Crippen molar-refractivity contribution in [3.05, 3.63) is 36.4 Å². The molecule has 0 nitrogen and oxygen atoms in total. The van der Waals surface area contributed by atoms with Crippen LogP contribution in [-0.4, -0.2) is 4.75 Å². The van der Waals surface area contributed by atoms with Crippen molar-refractivity contribution in [2.24, 2.45) is 0 Å². The van der Waals surface area contributed by atoms with E-state index in [1.54, 1.807) is 6.08 Å². The molecular weight excluding hydrogens is 176 g/mol. The van der Waals surface area contributed by atoms with Gasteiger partial charge in [-0.3, -0.25) is 0 Å². The van der Waals surface area contributed by atoms with Gasteiger partial charge in [-0.25, -0.2) is 0 Å². The quantitative estimate of drug-likeness (QED) is 0.636. The van der Waals surface area contributed by atoms with E-state index < -0.39 is 0 Å². The van der Waals surface area contributed by atoms with Gasteiger partial charge < -0.3 is 0 Å². The molecule has 0 bridgehead atoms. The van der Waals surface area contributed by atoms with Crippen molar-refractivity contribution in [2.45, 2.75) is 30.4 Å². The van der Waals surface area contributed by atoms with E-state index in [9.17, 15) is 0 Å². The Kier molecular flexibility index (Phi) is 3.21. The Morgan fingerprint density at radius 3 is 2.54 bits per heavy atom. The van der Waals surface area contributed by atoms with Gasteiger partial charge in [0.05, 0.1) is 0 Å². The highest BCUT2D eigenvalue weighted by molar-refractivity contribution is 8.00. The zero-order valence-corrected chi connectivity index (χ0v) is 9.19. The minimum absolute atomic E-state index is 0.257. The molecule has 0 heterocycles. The van der Waals surface area contributed by atoms with Crippen molar-refractivity contribution in [1.82, 2.24) is 0 Å². The zero-order valence-electron chi connectivity index (χ0n) is 8.37. The van der Waals surface area contributed by atoms with Crippen LogP contribution in [0.1, 0.15) is 26.3 Å². The fraction of sp³-hybridized carbons (Fsp3) is 0.333. The highest BCUT2D eigenvalue weighted by atomic mass is 32.2. The molecule has 0 aliphatic heterocycles. The Morgan fingerprint density at radius 1 is 1.31 bits per heavy atom. The van der Waals surface area contributed by atoms with E-state index in [0.29, 0.717) is 0 Å². The predicted molar refractivity (Wildman–Crippen MR) is 60.8 cm³/mol. The van der Waals surface area contributed by atoms with E-state index in [1.807, 2.05) is 23.9 Å². The van der Waals surface area contributed by atoms with Crippen molar-refractivity contribution in [1.29, 1.82) is 0 Å². The molecule has 0 spiro atoms. The number of hydrogen-bond acceptors (Lipinski definition) is 1. The van der Waals surface area contributed by atoms with Crippen LogP contribution in [0.2, 0.25) is 0 Å². The third kappa shape index (κ3) is 3.69. The van der Waals surface area contributed by atoms with Gasteiger partial charge in [0.25, 0.3) is 0 Å². The zero-order chi connectivity index (χ0) is 9.90. The van der Waals surface area contributed by atoms with Gasteiger partial charge in [0.1, 0.15) is 0 Å². The molecule has 0 saturated carbocycles. The van der Waals surface area contributed by atoms with Gasteiger partial charge in [-0.2, -0.15) is 0 Å². The lowest BCUT2D eigenvalue weighted by atomic mass is 10.2. The van der Waals surface area contributed by atoms with E-state index in [0.717, 1.165) is 5.56 Å². The van der Waals surface area contributed by atoms with Gasteiger partial charge >= 0.3 is 0 Å². The van der Waals surface area contributed by atoms with Crippen LogP contribution in [0, 0.1) is 6.58 Å². The van der Waals surface area contributed by atoms with Crippen LogP contribution in [0.4, 0.5) is 0 Å². The molecule has 1 aromatic rings. The number of benzene rings is 1. The summed E-state index contributed by atoms with van der Waals surface area (Å²) in [7, 11) is 0. The van der Waals surface area contributed by atoms with Gasteiger partial charge in [0.15, 0.2) is 0 Å². The molecule has 1 rings (SSSR count). The summed E-state index contributed by atoms with van der Waals surface area (Å²) < 4.78 is 0.257. The molecule has 0 amide bonds. The topological polar surface area (TPSA) is 0 Å². The summed E-state index contributed by atoms with van der Waals surface area (Å²) in [5.41, 5.74) is 1.08. The monoisotopic (exact) mass is 191 g/mol. The Hall–Kier alpha value is -0.690. The second-order valence-electron chi connectivity index (χ2n) is 3.95. The second kappa shape index (κ2) is 4.01. The van der Waals surface area contributed by atoms with Crippen LogP contribution in [0.25, 0.3) is 6.08 Å². The van der Waals surface area contributed by atoms with Crippen molar-refractivity contribution >= 4 is 17.8 Å². The van der Waals surface area contributed by atoms with Crippen LogP contribution in [0.3, 0.4) is 0 Å². The lowest BCUT2D eigenvalue weighted by Gasteiger charge is -2.17. The fourth-order valence-electron chi connectivity index (χ4n) is 1.04. The van der Waals surface area contributed by atoms with E-state index in [-0.39, 0.29) is 4.75 Å². The van der Waals surface area contributed by atoms with Gasteiger partial charge in [-0.05, 0) is 17.7 Å². The maximum absolute atomic E-state index is 5.45. The summed E-state index contributed by atoms with van der Waals surface area (Å²) in [5, 5.41) is 0. The Morgan fingerprint density at radius 2 is 2.00 bits per heavy atom. The molecule has 0 saturated heterocycles. The molecule has 1 radical (unpaired) electrons. The average molecular weight is 191 g/mol. The van der Waals surface area contributed by atoms with Crippen molar-refractivity contribution in [3.8, 4) is 0 Å². The van der Waals surface area contributed by atoms with Gasteiger partial charge in [0, 0.05) is 9.64 Å². The van der Waals surface area contributed by atoms with Crippen LogP contribution in [0.15, 0.2) is 29.2 Å². The first kappa shape index (κ1) is 10.4. The van der Waals surface area contributed by atoms with Crippen LogP contribution < -0.4 is 0 Å². The van der Waals surface area contributed by atoms with E-state index in [1.165, 1.54) is 4.90 Å². The molecule has 0 aliphatic carbocycles. The van der Waals surface area contributed by atoms with Crippen molar-refractivity contribution < 1.29 is 0 Å². The third-order valence-corrected chi connectivity index (χ3v) is 2.58. The Bertz CT molecular complexity index is 294. The lowest BCUT2D eigenvalue weighted by Crippen LogP contribution is -2.06. The predicted octanol–water partition coefficient (Wildman–Crippen LogP) is 4.02. The fourth-order valence-corrected chi connectivity index (χ4v) is 2.08. The molecule has 0 aromatic heterocycles. The third-order valence-electron chi connectivity index (χ3n) is 1.47. The normalized spacial score (nSPS) is 11.3. The smallest absolute Gasteiger partial charge is 0.0122 e. The number of hydrogen-bond donors (Lipinski definition) is 0. The summed E-state index contributed by atoms with van der Waals surface area (Å²) in [6.45, 7) is 12.1. The molecule has 0 fully saturated rings. The summed E-state index contributed by atoms with van der Waals surface area (Å²) in [5.74, 6) is 0. The van der Waals surface area contributed by atoms with Crippen molar-refractivity contribution in [3.63, 3.8) is 0 Å². The first-order chi connectivity index (χ1) is 6.01. The molecule has 0 atom stereocenters. The highest BCUT2D eigenvalue weighted by Gasteiger charge is 2.11. The number of thioether (sulfide) groups is 1. The van der Waals surface area contributed by atoms with E-state index in [4.69, 9.17) is 6.58 Å². The summed E-state index contributed by atoms with van der Waals surface area (Å²) in [4.78, 5) is 1.27. The van der Waals surface area contributed by atoms with Crippen LogP contribution in [-0.2, 0) is 0 Å². The second-order valence-corrected chi connectivity index (χ2v) is 5.85. The molecular formula is C12H15S. The largest absolute Gasteiger partial charge is 0.120 e. The SMILES string of the molecule is [CH]=Cc1cccc(SC(C)(C)C)c1. The average Bonchev–Trinajstić information content (AvgIpc) is 2.01. The van der Waals surface area contributed by atoms with E-state index in [2.05, 4.69) is 32.9 Å². The van der Waals surface area contributed by atoms with Crippen LogP contribution in [0.5, 0.6) is 0 Å². The summed E-state index contributed by atoms with van der Waals surface area (Å²) >= 11 is 1.85. The van der Waals surface area contributed by atoms with Gasteiger partial charge in [-0.1, -0.05) is 45.6 Å². The first-order valence-electron chi connectivity index (χ1n) is 4.35. The molecule has 0 unspecified atom stereocenters. The van der Waals surface area contributed by atoms with Crippen molar-refractivity contribution in [2.75, 3.05) is 0 Å². The summed E-state index contributed by atoms with van der Waals surface area (Å²) in [6, 6.07) is 8.26. The molecule has 69 valence electrons. The van der Waals surface area contributed by atoms with Gasteiger partial charge in [0.2, 0.25) is 0 Å². The maximum atomic E-state index is 5.45. The minimum Gasteiger partial charge on any atom is -0.120 e. The maximum Gasteiger partial charge on any atom is 0.0122 e. The molecule has 0 N–H and O–H groups in total. The van der Waals surface area contributed by atoms with E-state index >= 15 is 0 Å². The Balaban J connectivity index is 2.84. The molecule has 1 aromatic carbocycles. The Labute approximate surface area is 85.1 Å². The summed E-state index contributed by atoms with van der Waals surface area (Å²) in [6.07, 6.45) is 1.63. The molecule has 0 aliphatic rings. The molecule has 1 heteroatoms. The number of rotatable bonds is 2. The first-order valence-corrected chi connectivity index (χ1v) is 5.17. The lowest BCUT2D eigenvalue weighted by molar-refractivity contribution is 0.803. The standard InChI is InChI=1S/C12H15S/c1-5-10-7-6-8-11(9-10)13-12(2,3)4/h1,5-9H,2-4H3. The van der Waals surface area contributed by atoms with Crippen LogP contribution >= 0.6 is 11.8 Å². The highest BCUT2D eigenvalue weighted by Crippen LogP contribution is 2.32. The van der Waals surface area contributed by atoms with Gasteiger partial charge in [-0.15, -0.1) is 11.8 Å². The molecule has 13 heavy (non-hydrogen) atoms.